The Morgan fingerprint density at radius 3 is 2.91 bits per heavy atom. The van der Waals surface area contributed by atoms with Crippen LogP contribution in [0, 0.1) is 6.92 Å². The minimum Gasteiger partial charge on any atom is -0.447 e. The van der Waals surface area contributed by atoms with E-state index in [4.69, 9.17) is 4.74 Å². The number of carbonyl (C=O) groups excluding carboxylic acids is 2. The smallest absolute Gasteiger partial charge is 0.410 e. The van der Waals surface area contributed by atoms with Gasteiger partial charge in [-0.05, 0) is 6.92 Å². The second kappa shape index (κ2) is 5.32. The Hall–Kier alpha value is -2.58. The number of nitrogens with one attached hydrogen (secondary N) is 1. The number of H-pyrrole nitrogens is 1. The van der Waals surface area contributed by atoms with Crippen molar-refractivity contribution in [3.63, 3.8) is 0 Å². The van der Waals surface area contributed by atoms with Gasteiger partial charge in [0.1, 0.15) is 13.2 Å². The third kappa shape index (κ3) is 2.49. The summed E-state index contributed by atoms with van der Waals surface area (Å²) in [6.07, 6.45) is 1.03. The maximum Gasteiger partial charge on any atom is 0.410 e. The first-order valence-corrected chi connectivity index (χ1v) is 6.97. The summed E-state index contributed by atoms with van der Waals surface area (Å²) in [4.78, 5) is 52.1. The van der Waals surface area contributed by atoms with Crippen molar-refractivity contribution in [3.8, 4) is 0 Å². The Balaban J connectivity index is 1.71. The lowest BCUT2D eigenvalue weighted by Crippen LogP contribution is -2.54. The van der Waals surface area contributed by atoms with Crippen LogP contribution in [0.2, 0.25) is 0 Å². The van der Waals surface area contributed by atoms with Crippen molar-refractivity contribution >= 4 is 12.0 Å². The number of rotatable bonds is 2. The normalized spacial score (nSPS) is 20.8. The minimum atomic E-state index is -0.609. The van der Waals surface area contributed by atoms with Crippen molar-refractivity contribution in [2.45, 2.75) is 19.5 Å². The highest BCUT2D eigenvalue weighted by molar-refractivity contribution is 5.77. The first kappa shape index (κ1) is 14.4. The number of nitrogens with zero attached hydrogens (tertiary/aromatic N) is 3. The highest BCUT2D eigenvalue weighted by Crippen LogP contribution is 2.17. The maximum atomic E-state index is 12.3. The van der Waals surface area contributed by atoms with Crippen LogP contribution in [0.5, 0.6) is 0 Å². The average Bonchev–Trinajstić information content (AvgIpc) is 2.85. The Bertz CT molecular complexity index is 737. The van der Waals surface area contributed by atoms with E-state index in [0.29, 0.717) is 25.2 Å². The zero-order valence-corrected chi connectivity index (χ0v) is 12.1. The molecule has 2 saturated heterocycles. The molecule has 1 aromatic rings. The molecule has 22 heavy (non-hydrogen) atoms. The van der Waals surface area contributed by atoms with Gasteiger partial charge in [0.15, 0.2) is 0 Å². The van der Waals surface area contributed by atoms with E-state index in [1.807, 2.05) is 0 Å². The lowest BCUT2D eigenvalue weighted by Gasteiger charge is -2.35. The number of ether oxygens (including phenoxy) is 1. The summed E-state index contributed by atoms with van der Waals surface area (Å²) >= 11 is 0. The third-order valence-corrected chi connectivity index (χ3v) is 3.96. The second-order valence-corrected chi connectivity index (χ2v) is 5.46. The van der Waals surface area contributed by atoms with Gasteiger partial charge in [0.25, 0.3) is 5.56 Å². The zero-order valence-electron chi connectivity index (χ0n) is 12.1. The molecule has 2 aliphatic heterocycles. The first-order valence-electron chi connectivity index (χ1n) is 6.97. The molecule has 0 saturated carbocycles. The van der Waals surface area contributed by atoms with Crippen molar-refractivity contribution in [1.82, 2.24) is 19.4 Å². The van der Waals surface area contributed by atoms with E-state index in [-0.39, 0.29) is 31.2 Å². The quantitative estimate of drug-likeness (QED) is 0.716. The molecule has 0 aliphatic carbocycles. The van der Waals surface area contributed by atoms with Crippen LogP contribution in [-0.4, -0.2) is 63.6 Å². The molecule has 0 aromatic carbocycles. The van der Waals surface area contributed by atoms with E-state index in [9.17, 15) is 19.2 Å². The van der Waals surface area contributed by atoms with E-state index in [1.54, 1.807) is 16.7 Å². The molecule has 2 fully saturated rings. The molecule has 3 rings (SSSR count). The van der Waals surface area contributed by atoms with E-state index in [0.717, 1.165) is 0 Å². The highest BCUT2D eigenvalue weighted by Gasteiger charge is 2.38. The molecule has 0 radical (unpaired) electrons. The number of aromatic amines is 1. The predicted octanol–water partition coefficient (Wildman–Crippen LogP) is -1.49. The van der Waals surface area contributed by atoms with Gasteiger partial charge in [0.05, 0.1) is 6.04 Å². The van der Waals surface area contributed by atoms with Crippen LogP contribution in [0.1, 0.15) is 5.56 Å². The van der Waals surface area contributed by atoms with Crippen molar-refractivity contribution in [1.29, 1.82) is 0 Å². The second-order valence-electron chi connectivity index (χ2n) is 5.46. The summed E-state index contributed by atoms with van der Waals surface area (Å²) in [5.74, 6) is -0.229. The Labute approximate surface area is 125 Å². The van der Waals surface area contributed by atoms with Crippen LogP contribution in [0.3, 0.4) is 0 Å². The highest BCUT2D eigenvalue weighted by atomic mass is 16.6. The number of aromatic nitrogens is 2. The molecular weight excluding hydrogens is 292 g/mol. The fourth-order valence-corrected chi connectivity index (χ4v) is 2.70. The summed E-state index contributed by atoms with van der Waals surface area (Å²) in [5, 5.41) is 0. The molecule has 0 bridgehead atoms. The topological polar surface area (TPSA) is 105 Å². The van der Waals surface area contributed by atoms with Crippen LogP contribution in [0.15, 0.2) is 15.8 Å². The number of aryl methyl sites for hydroxylation is 1. The number of fused-ring (bicyclic) bond motifs is 1. The fourth-order valence-electron chi connectivity index (χ4n) is 2.70. The SMILES string of the molecule is Cc1cn(CC(=O)N2CCN3C(=O)OC[C@@H]3C2)c(=O)[nH]c1=O. The van der Waals surface area contributed by atoms with E-state index >= 15 is 0 Å². The Morgan fingerprint density at radius 1 is 1.36 bits per heavy atom. The largest absolute Gasteiger partial charge is 0.447 e. The molecule has 9 nitrogen and oxygen atoms in total. The van der Waals surface area contributed by atoms with Crippen molar-refractivity contribution in [2.24, 2.45) is 0 Å². The van der Waals surface area contributed by atoms with Gasteiger partial charge in [-0.2, -0.15) is 0 Å². The Morgan fingerprint density at radius 2 is 2.14 bits per heavy atom. The van der Waals surface area contributed by atoms with Crippen molar-refractivity contribution in [2.75, 3.05) is 26.2 Å². The lowest BCUT2D eigenvalue weighted by atomic mass is 10.2. The number of hydrogen-bond acceptors (Lipinski definition) is 5. The summed E-state index contributed by atoms with van der Waals surface area (Å²) in [6.45, 7) is 2.93. The molecule has 118 valence electrons. The van der Waals surface area contributed by atoms with Gasteiger partial charge in [-0.1, -0.05) is 0 Å². The number of piperazine rings is 1. The lowest BCUT2D eigenvalue weighted by molar-refractivity contribution is -0.134. The summed E-state index contributed by atoms with van der Waals surface area (Å²) in [7, 11) is 0. The number of carbonyl (C=O) groups is 2. The zero-order chi connectivity index (χ0) is 15.9. The third-order valence-electron chi connectivity index (χ3n) is 3.96. The Kier molecular flexibility index (Phi) is 3.47. The fraction of sp³-hybridized carbons (Fsp3) is 0.538. The standard InChI is InChI=1S/C13H16N4O5/c1-8-4-16(12(20)14-11(8)19)6-10(18)15-2-3-17-9(5-15)7-22-13(17)21/h4,9H,2-3,5-7H2,1H3,(H,14,19,20)/t9-/m0/s1. The van der Waals surface area contributed by atoms with Gasteiger partial charge in [-0.25, -0.2) is 9.59 Å². The number of hydrogen-bond donors (Lipinski definition) is 1. The van der Waals surface area contributed by atoms with Gasteiger partial charge in [0.2, 0.25) is 5.91 Å². The number of cyclic esters (lactones) is 1. The molecule has 3 heterocycles. The van der Waals surface area contributed by atoms with Gasteiger partial charge in [0, 0.05) is 31.4 Å². The van der Waals surface area contributed by atoms with Crippen LogP contribution in [0.4, 0.5) is 4.79 Å². The van der Waals surface area contributed by atoms with Gasteiger partial charge in [-0.15, -0.1) is 0 Å². The van der Waals surface area contributed by atoms with Gasteiger partial charge in [-0.3, -0.25) is 24.0 Å². The summed E-state index contributed by atoms with van der Waals surface area (Å²) in [5.41, 5.74) is -0.696. The first-order chi connectivity index (χ1) is 10.5. The number of amides is 2. The molecule has 1 N–H and O–H groups in total. The summed E-state index contributed by atoms with van der Waals surface area (Å²) < 4.78 is 6.13. The van der Waals surface area contributed by atoms with Crippen molar-refractivity contribution in [3.05, 3.63) is 32.6 Å². The van der Waals surface area contributed by atoms with E-state index < -0.39 is 11.2 Å². The molecule has 1 atom stereocenters. The molecule has 9 heteroatoms. The van der Waals surface area contributed by atoms with E-state index in [1.165, 1.54) is 10.8 Å². The summed E-state index contributed by atoms with van der Waals surface area (Å²) in [6, 6.07) is -0.126. The minimum absolute atomic E-state index is 0.126. The molecule has 0 spiro atoms. The van der Waals surface area contributed by atoms with Crippen LogP contribution >= 0.6 is 0 Å². The molecule has 2 amide bonds. The van der Waals surface area contributed by atoms with Crippen LogP contribution in [-0.2, 0) is 16.1 Å². The van der Waals surface area contributed by atoms with Crippen LogP contribution in [0.25, 0.3) is 0 Å². The van der Waals surface area contributed by atoms with Gasteiger partial charge < -0.3 is 9.64 Å². The van der Waals surface area contributed by atoms with Crippen LogP contribution < -0.4 is 11.2 Å². The monoisotopic (exact) mass is 308 g/mol. The molecule has 0 unspecified atom stereocenters. The molecular formula is C13H16N4O5. The predicted molar refractivity (Wildman–Crippen MR) is 74.5 cm³/mol. The van der Waals surface area contributed by atoms with E-state index in [2.05, 4.69) is 4.98 Å². The van der Waals surface area contributed by atoms with Gasteiger partial charge >= 0.3 is 11.8 Å². The molecule has 2 aliphatic rings. The average molecular weight is 308 g/mol. The maximum absolute atomic E-state index is 12.3. The van der Waals surface area contributed by atoms with Crippen molar-refractivity contribution < 1.29 is 14.3 Å². The molecule has 1 aromatic heterocycles.